The highest BCUT2D eigenvalue weighted by molar-refractivity contribution is 5.37. The van der Waals surface area contributed by atoms with E-state index in [2.05, 4.69) is 56.3 Å². The average Bonchev–Trinajstić information content (AvgIpc) is 2.53. The molecule has 0 spiro atoms. The van der Waals surface area contributed by atoms with E-state index in [1.54, 1.807) is 0 Å². The average molecular weight is 296 g/mol. The van der Waals surface area contributed by atoms with E-state index in [9.17, 15) is 0 Å². The molecule has 0 aliphatic carbocycles. The van der Waals surface area contributed by atoms with Crippen molar-refractivity contribution in [2.75, 3.05) is 0 Å². The molecule has 0 aliphatic heterocycles. The molecule has 4 N–H and O–H groups in total. The van der Waals surface area contributed by atoms with Gasteiger partial charge >= 0.3 is 0 Å². The van der Waals surface area contributed by atoms with Gasteiger partial charge in [0.1, 0.15) is 0 Å². The zero-order valence-electron chi connectivity index (χ0n) is 13.8. The van der Waals surface area contributed by atoms with E-state index < -0.39 is 5.66 Å². The van der Waals surface area contributed by atoms with Gasteiger partial charge < -0.3 is 11.5 Å². The third kappa shape index (κ3) is 3.76. The molecule has 2 rings (SSSR count). The molecule has 0 amide bonds. The molecule has 2 aromatic carbocycles. The van der Waals surface area contributed by atoms with E-state index in [0.29, 0.717) is 5.92 Å². The number of hydrogen-bond acceptors (Lipinski definition) is 2. The molecule has 22 heavy (non-hydrogen) atoms. The Hall–Kier alpha value is -1.64. The first-order valence-corrected chi connectivity index (χ1v) is 8.29. The first-order valence-electron chi connectivity index (χ1n) is 8.29. The minimum atomic E-state index is -0.768. The second-order valence-corrected chi connectivity index (χ2v) is 6.15. The molecule has 0 bridgehead atoms. The second kappa shape index (κ2) is 7.57. The fraction of sp³-hybridized carbons (Fsp3) is 0.400. The highest BCUT2D eigenvalue weighted by atomic mass is 15.0. The Kier molecular flexibility index (Phi) is 5.76. The first-order chi connectivity index (χ1) is 10.6. The summed E-state index contributed by atoms with van der Waals surface area (Å²) in [5.74, 6) is 0.300. The van der Waals surface area contributed by atoms with Gasteiger partial charge in [-0.25, -0.2) is 0 Å². The largest absolute Gasteiger partial charge is 0.309 e. The third-order valence-corrected chi connectivity index (χ3v) is 4.53. The topological polar surface area (TPSA) is 52.0 Å². The van der Waals surface area contributed by atoms with E-state index >= 15 is 0 Å². The number of hydrogen-bond donors (Lipinski definition) is 2. The molecule has 1 atom stereocenters. The zero-order chi connectivity index (χ0) is 16.0. The number of rotatable bonds is 7. The van der Waals surface area contributed by atoms with Gasteiger partial charge in [-0.1, -0.05) is 74.9 Å². The van der Waals surface area contributed by atoms with Crippen molar-refractivity contribution < 1.29 is 0 Å². The second-order valence-electron chi connectivity index (χ2n) is 6.15. The van der Waals surface area contributed by atoms with E-state index in [1.807, 2.05) is 12.1 Å². The fourth-order valence-electron chi connectivity index (χ4n) is 3.26. The molecule has 1 unspecified atom stereocenters. The highest BCUT2D eigenvalue weighted by Gasteiger charge is 2.32. The predicted octanol–water partition coefficient (Wildman–Crippen LogP) is 4.17. The predicted molar refractivity (Wildman–Crippen MR) is 94.4 cm³/mol. The van der Waals surface area contributed by atoms with Crippen LogP contribution in [0.25, 0.3) is 0 Å². The lowest BCUT2D eigenvalue weighted by Crippen LogP contribution is -2.52. The summed E-state index contributed by atoms with van der Waals surface area (Å²) in [5.41, 5.74) is 16.1. The van der Waals surface area contributed by atoms with Crippen LogP contribution in [-0.2, 0) is 12.1 Å². The summed E-state index contributed by atoms with van der Waals surface area (Å²) in [4.78, 5) is 0. The van der Waals surface area contributed by atoms with E-state index in [0.717, 1.165) is 31.2 Å². The summed E-state index contributed by atoms with van der Waals surface area (Å²) < 4.78 is 0. The molecule has 0 aromatic heterocycles. The molecule has 2 nitrogen and oxygen atoms in total. The van der Waals surface area contributed by atoms with Gasteiger partial charge in [0, 0.05) is 0 Å². The van der Waals surface area contributed by atoms with Crippen molar-refractivity contribution in [1.82, 2.24) is 0 Å². The van der Waals surface area contributed by atoms with Gasteiger partial charge in [0.2, 0.25) is 0 Å². The quantitative estimate of drug-likeness (QED) is 0.753. The van der Waals surface area contributed by atoms with Gasteiger partial charge in [0.15, 0.2) is 0 Å². The number of benzene rings is 2. The Labute approximate surface area is 134 Å². The van der Waals surface area contributed by atoms with Crippen molar-refractivity contribution >= 4 is 0 Å². The molecule has 0 heterocycles. The summed E-state index contributed by atoms with van der Waals surface area (Å²) in [6.45, 7) is 4.36. The molecule has 0 fully saturated rings. The summed E-state index contributed by atoms with van der Waals surface area (Å²) in [6, 6.07) is 18.8. The Bertz CT molecular complexity index is 575. The molecular weight excluding hydrogens is 268 g/mol. The maximum atomic E-state index is 6.61. The van der Waals surface area contributed by atoms with Gasteiger partial charge in [-0.05, 0) is 41.9 Å². The molecule has 2 aromatic rings. The fourth-order valence-corrected chi connectivity index (χ4v) is 3.26. The van der Waals surface area contributed by atoms with Crippen LogP contribution in [0.1, 0.15) is 49.8 Å². The van der Waals surface area contributed by atoms with Crippen LogP contribution in [0.4, 0.5) is 0 Å². The van der Waals surface area contributed by atoms with E-state index in [4.69, 9.17) is 11.5 Å². The first kappa shape index (κ1) is 16.7. The molecular formula is C20H28N2. The van der Waals surface area contributed by atoms with Crippen LogP contribution in [0.15, 0.2) is 54.6 Å². The van der Waals surface area contributed by atoms with Crippen molar-refractivity contribution in [2.45, 2.75) is 45.2 Å². The van der Waals surface area contributed by atoms with Crippen LogP contribution in [0.5, 0.6) is 0 Å². The smallest absolute Gasteiger partial charge is 0.0930 e. The minimum Gasteiger partial charge on any atom is -0.309 e. The van der Waals surface area contributed by atoms with Gasteiger partial charge in [-0.2, -0.15) is 0 Å². The molecule has 0 radical (unpaired) electrons. The van der Waals surface area contributed by atoms with Crippen LogP contribution >= 0.6 is 0 Å². The van der Waals surface area contributed by atoms with E-state index in [1.165, 1.54) is 11.1 Å². The minimum absolute atomic E-state index is 0.300. The molecule has 118 valence electrons. The van der Waals surface area contributed by atoms with Crippen molar-refractivity contribution in [3.05, 3.63) is 71.3 Å². The molecule has 0 saturated carbocycles. The Morgan fingerprint density at radius 3 is 2.18 bits per heavy atom. The van der Waals surface area contributed by atoms with Crippen LogP contribution in [0.2, 0.25) is 0 Å². The van der Waals surface area contributed by atoms with Crippen LogP contribution in [0.3, 0.4) is 0 Å². The van der Waals surface area contributed by atoms with Crippen LogP contribution < -0.4 is 11.5 Å². The standard InChI is InChI=1S/C20H28N2/c1-3-10-18(4-2)20(21,22)19-14-9-8-13-17(19)15-16-11-6-5-7-12-16/h5-9,11-14,18H,3-4,10,15,21-22H2,1-2H3. The van der Waals surface area contributed by atoms with Crippen LogP contribution in [0, 0.1) is 5.92 Å². The summed E-state index contributed by atoms with van der Waals surface area (Å²) >= 11 is 0. The maximum absolute atomic E-state index is 6.61. The number of nitrogens with two attached hydrogens (primary N) is 2. The van der Waals surface area contributed by atoms with Crippen molar-refractivity contribution in [3.8, 4) is 0 Å². The lowest BCUT2D eigenvalue weighted by atomic mass is 9.80. The van der Waals surface area contributed by atoms with Crippen molar-refractivity contribution in [2.24, 2.45) is 17.4 Å². The van der Waals surface area contributed by atoms with Gasteiger partial charge in [0.25, 0.3) is 0 Å². The lowest BCUT2D eigenvalue weighted by Gasteiger charge is -2.35. The normalized spacial score (nSPS) is 13.1. The summed E-state index contributed by atoms with van der Waals surface area (Å²) in [6.07, 6.45) is 4.04. The Balaban J connectivity index is 2.34. The van der Waals surface area contributed by atoms with Crippen molar-refractivity contribution in [1.29, 1.82) is 0 Å². The van der Waals surface area contributed by atoms with Gasteiger partial charge in [0.05, 0.1) is 5.66 Å². The Morgan fingerprint density at radius 2 is 1.55 bits per heavy atom. The van der Waals surface area contributed by atoms with Gasteiger partial charge in [-0.3, -0.25) is 0 Å². The zero-order valence-corrected chi connectivity index (χ0v) is 13.8. The molecule has 0 aliphatic rings. The monoisotopic (exact) mass is 296 g/mol. The molecule has 0 saturated heterocycles. The highest BCUT2D eigenvalue weighted by Crippen LogP contribution is 2.31. The Morgan fingerprint density at radius 1 is 0.909 bits per heavy atom. The van der Waals surface area contributed by atoms with Gasteiger partial charge in [-0.15, -0.1) is 0 Å². The van der Waals surface area contributed by atoms with E-state index in [-0.39, 0.29) is 0 Å². The lowest BCUT2D eigenvalue weighted by molar-refractivity contribution is 0.254. The summed E-state index contributed by atoms with van der Waals surface area (Å²) in [5, 5.41) is 0. The summed E-state index contributed by atoms with van der Waals surface area (Å²) in [7, 11) is 0. The SMILES string of the molecule is CCCC(CC)C(N)(N)c1ccccc1Cc1ccccc1. The van der Waals surface area contributed by atoms with Crippen molar-refractivity contribution in [3.63, 3.8) is 0 Å². The maximum Gasteiger partial charge on any atom is 0.0930 e. The third-order valence-electron chi connectivity index (χ3n) is 4.53. The molecule has 2 heteroatoms. The van der Waals surface area contributed by atoms with Crippen LogP contribution in [-0.4, -0.2) is 0 Å².